The first-order valence-electron chi connectivity index (χ1n) is 8.22. The Bertz CT molecular complexity index is 515. The highest BCUT2D eigenvalue weighted by Crippen LogP contribution is 2.36. The van der Waals surface area contributed by atoms with Crippen molar-refractivity contribution in [1.29, 1.82) is 5.26 Å². The molecule has 0 bridgehead atoms. The van der Waals surface area contributed by atoms with E-state index < -0.39 is 0 Å². The fraction of sp³-hybridized carbons (Fsp3) is 0.611. The summed E-state index contributed by atoms with van der Waals surface area (Å²) in [5.41, 5.74) is 2.06. The first-order chi connectivity index (χ1) is 10.3. The zero-order valence-electron chi connectivity index (χ0n) is 12.9. The third-order valence-electron chi connectivity index (χ3n) is 4.90. The van der Waals surface area contributed by atoms with Crippen LogP contribution in [0.25, 0.3) is 0 Å². The molecule has 1 aromatic rings. The second kappa shape index (κ2) is 6.60. The largest absolute Gasteiger partial charge is 0.314 e. The molecular weight excluding hydrogens is 258 g/mol. The van der Waals surface area contributed by atoms with Gasteiger partial charge in [0.25, 0.3) is 0 Å². The van der Waals surface area contributed by atoms with Gasteiger partial charge in [0.1, 0.15) is 0 Å². The van der Waals surface area contributed by atoms with Crippen LogP contribution in [0, 0.1) is 17.2 Å². The average Bonchev–Trinajstić information content (AvgIpc) is 3.33. The Morgan fingerprint density at radius 2 is 2.05 bits per heavy atom. The number of hydrogen-bond acceptors (Lipinski definition) is 3. The van der Waals surface area contributed by atoms with Crippen molar-refractivity contribution in [3.63, 3.8) is 0 Å². The number of rotatable bonds is 4. The van der Waals surface area contributed by atoms with Gasteiger partial charge in [0.2, 0.25) is 0 Å². The summed E-state index contributed by atoms with van der Waals surface area (Å²) in [6, 6.07) is 11.7. The highest BCUT2D eigenvalue weighted by atomic mass is 15.1. The van der Waals surface area contributed by atoms with Crippen LogP contribution in [-0.2, 0) is 0 Å². The van der Waals surface area contributed by atoms with Crippen LogP contribution in [0.15, 0.2) is 24.3 Å². The quantitative estimate of drug-likeness (QED) is 0.923. The van der Waals surface area contributed by atoms with Gasteiger partial charge in [-0.3, -0.25) is 4.90 Å². The average molecular weight is 283 g/mol. The van der Waals surface area contributed by atoms with Crippen LogP contribution in [-0.4, -0.2) is 31.1 Å². The molecule has 1 saturated heterocycles. The summed E-state index contributed by atoms with van der Waals surface area (Å²) in [4.78, 5) is 2.46. The SMILES string of the molecule is CN1CCCCC(CNC2CC2)C1c1ccccc1C#N. The molecule has 1 heterocycles. The molecular formula is C18H25N3. The molecule has 0 spiro atoms. The molecule has 3 nitrogen and oxygen atoms in total. The molecule has 0 amide bonds. The second-order valence-electron chi connectivity index (χ2n) is 6.56. The maximum Gasteiger partial charge on any atom is 0.0995 e. The van der Waals surface area contributed by atoms with Gasteiger partial charge >= 0.3 is 0 Å². The zero-order valence-corrected chi connectivity index (χ0v) is 12.9. The van der Waals surface area contributed by atoms with Crippen LogP contribution in [0.3, 0.4) is 0 Å². The summed E-state index contributed by atoms with van der Waals surface area (Å²) in [6.45, 7) is 2.21. The van der Waals surface area contributed by atoms with Crippen LogP contribution in [0.2, 0.25) is 0 Å². The van der Waals surface area contributed by atoms with E-state index in [1.54, 1.807) is 0 Å². The highest BCUT2D eigenvalue weighted by Gasteiger charge is 2.32. The summed E-state index contributed by atoms with van der Waals surface area (Å²) in [7, 11) is 2.22. The van der Waals surface area contributed by atoms with Gasteiger partial charge in [-0.2, -0.15) is 5.26 Å². The molecule has 21 heavy (non-hydrogen) atoms. The Labute approximate surface area is 128 Å². The van der Waals surface area contributed by atoms with Gasteiger partial charge < -0.3 is 5.32 Å². The molecule has 1 aliphatic carbocycles. The van der Waals surface area contributed by atoms with Crippen molar-refractivity contribution < 1.29 is 0 Å². The number of hydrogen-bond donors (Lipinski definition) is 1. The Kier molecular flexibility index (Phi) is 4.57. The molecule has 0 aromatic heterocycles. The van der Waals surface area contributed by atoms with Gasteiger partial charge in [-0.05, 0) is 56.8 Å². The van der Waals surface area contributed by atoms with E-state index in [0.29, 0.717) is 12.0 Å². The molecule has 112 valence electrons. The summed E-state index contributed by atoms with van der Waals surface area (Å²) < 4.78 is 0. The summed E-state index contributed by atoms with van der Waals surface area (Å²) in [6.07, 6.45) is 6.49. The molecule has 1 N–H and O–H groups in total. The van der Waals surface area contributed by atoms with Gasteiger partial charge in [0.15, 0.2) is 0 Å². The second-order valence-corrected chi connectivity index (χ2v) is 6.56. The molecule has 2 aliphatic rings. The van der Waals surface area contributed by atoms with E-state index in [9.17, 15) is 5.26 Å². The van der Waals surface area contributed by atoms with Gasteiger partial charge in [-0.25, -0.2) is 0 Å². The van der Waals surface area contributed by atoms with Gasteiger partial charge in [-0.15, -0.1) is 0 Å². The predicted molar refractivity (Wildman–Crippen MR) is 84.9 cm³/mol. The molecule has 2 atom stereocenters. The molecule has 2 fully saturated rings. The third-order valence-corrected chi connectivity index (χ3v) is 4.90. The Morgan fingerprint density at radius 3 is 2.81 bits per heavy atom. The predicted octanol–water partition coefficient (Wildman–Crippen LogP) is 3.08. The fourth-order valence-electron chi connectivity index (χ4n) is 3.59. The molecule has 3 heteroatoms. The van der Waals surface area contributed by atoms with Gasteiger partial charge in [0, 0.05) is 18.6 Å². The normalized spacial score (nSPS) is 27.0. The molecule has 2 unspecified atom stereocenters. The van der Waals surface area contributed by atoms with E-state index in [1.807, 2.05) is 12.1 Å². The van der Waals surface area contributed by atoms with Crippen molar-refractivity contribution in [1.82, 2.24) is 10.2 Å². The van der Waals surface area contributed by atoms with E-state index in [0.717, 1.165) is 24.7 Å². The monoisotopic (exact) mass is 283 g/mol. The van der Waals surface area contributed by atoms with E-state index in [-0.39, 0.29) is 0 Å². The Balaban J connectivity index is 1.86. The van der Waals surface area contributed by atoms with Crippen molar-refractivity contribution >= 4 is 0 Å². The van der Waals surface area contributed by atoms with Crippen molar-refractivity contribution in [3.05, 3.63) is 35.4 Å². The Morgan fingerprint density at radius 1 is 1.24 bits per heavy atom. The number of nitrogens with zero attached hydrogens (tertiary/aromatic N) is 2. The summed E-state index contributed by atoms with van der Waals surface area (Å²) >= 11 is 0. The first kappa shape index (κ1) is 14.6. The van der Waals surface area contributed by atoms with E-state index >= 15 is 0 Å². The van der Waals surface area contributed by atoms with Gasteiger partial charge in [-0.1, -0.05) is 24.6 Å². The molecule has 0 radical (unpaired) electrons. The molecule has 1 aliphatic heterocycles. The fourth-order valence-corrected chi connectivity index (χ4v) is 3.59. The minimum Gasteiger partial charge on any atom is -0.314 e. The number of nitrogens with one attached hydrogen (secondary N) is 1. The highest BCUT2D eigenvalue weighted by molar-refractivity contribution is 5.40. The summed E-state index contributed by atoms with van der Waals surface area (Å²) in [5, 5.41) is 13.1. The van der Waals surface area contributed by atoms with Crippen LogP contribution >= 0.6 is 0 Å². The zero-order chi connectivity index (χ0) is 14.7. The molecule has 3 rings (SSSR count). The van der Waals surface area contributed by atoms with Crippen molar-refractivity contribution in [2.75, 3.05) is 20.1 Å². The van der Waals surface area contributed by atoms with Crippen LogP contribution in [0.4, 0.5) is 0 Å². The topological polar surface area (TPSA) is 39.1 Å². The van der Waals surface area contributed by atoms with Crippen LogP contribution in [0.5, 0.6) is 0 Å². The lowest BCUT2D eigenvalue weighted by Crippen LogP contribution is -2.36. The number of benzene rings is 1. The van der Waals surface area contributed by atoms with Crippen LogP contribution < -0.4 is 5.32 Å². The smallest absolute Gasteiger partial charge is 0.0995 e. The minimum absolute atomic E-state index is 0.370. The van der Waals surface area contributed by atoms with Crippen molar-refractivity contribution in [3.8, 4) is 6.07 Å². The minimum atomic E-state index is 0.370. The lowest BCUT2D eigenvalue weighted by molar-refractivity contribution is 0.188. The summed E-state index contributed by atoms with van der Waals surface area (Å²) in [5.74, 6) is 0.604. The van der Waals surface area contributed by atoms with Crippen molar-refractivity contribution in [2.45, 2.75) is 44.2 Å². The number of nitriles is 1. The number of likely N-dealkylation sites (tertiary alicyclic amines) is 1. The first-order valence-corrected chi connectivity index (χ1v) is 8.22. The lowest BCUT2D eigenvalue weighted by Gasteiger charge is -2.33. The lowest BCUT2D eigenvalue weighted by atomic mass is 9.87. The standard InChI is InChI=1S/C18H25N3/c1-21-11-5-4-7-15(13-20-16-9-10-16)18(21)17-8-3-2-6-14(17)12-19/h2-3,6,8,15-16,18,20H,4-5,7,9-11,13H2,1H3. The maximum absolute atomic E-state index is 9.44. The molecule has 1 saturated carbocycles. The van der Waals surface area contributed by atoms with Gasteiger partial charge in [0.05, 0.1) is 11.6 Å². The van der Waals surface area contributed by atoms with E-state index in [4.69, 9.17) is 0 Å². The van der Waals surface area contributed by atoms with Crippen LogP contribution in [0.1, 0.15) is 49.3 Å². The van der Waals surface area contributed by atoms with Crippen molar-refractivity contribution in [2.24, 2.45) is 5.92 Å². The third kappa shape index (κ3) is 3.45. The van der Waals surface area contributed by atoms with E-state index in [2.05, 4.69) is 35.5 Å². The van der Waals surface area contributed by atoms with E-state index in [1.165, 1.54) is 37.7 Å². The molecule has 1 aromatic carbocycles. The maximum atomic E-state index is 9.44. The Hall–Kier alpha value is -1.37.